The lowest BCUT2D eigenvalue weighted by molar-refractivity contribution is 0.215. The maximum Gasteiger partial charge on any atom is 0.114 e. The number of hydrogen-bond acceptors (Lipinski definition) is 3. The van der Waals surface area contributed by atoms with Crippen molar-refractivity contribution >= 4 is 0 Å². The lowest BCUT2D eigenvalue weighted by Gasteiger charge is -2.20. The van der Waals surface area contributed by atoms with Gasteiger partial charge >= 0.3 is 0 Å². The number of nitrogens with one attached hydrogen (secondary N) is 1. The van der Waals surface area contributed by atoms with Crippen LogP contribution in [0.25, 0.3) is 0 Å². The lowest BCUT2D eigenvalue weighted by atomic mass is 10.0. The van der Waals surface area contributed by atoms with E-state index in [2.05, 4.69) is 35.4 Å². The van der Waals surface area contributed by atoms with Crippen molar-refractivity contribution in [2.24, 2.45) is 0 Å². The van der Waals surface area contributed by atoms with Crippen LogP contribution in [-0.2, 0) is 4.74 Å². The highest BCUT2D eigenvalue weighted by atomic mass is 16.5. The maximum atomic E-state index is 5.72. The Labute approximate surface area is 109 Å². The zero-order valence-electron chi connectivity index (χ0n) is 11.5. The van der Waals surface area contributed by atoms with Crippen LogP contribution in [-0.4, -0.2) is 18.1 Å². The first-order valence-corrected chi connectivity index (χ1v) is 6.72. The van der Waals surface area contributed by atoms with Crippen LogP contribution in [0.2, 0.25) is 0 Å². The van der Waals surface area contributed by atoms with Crippen molar-refractivity contribution in [2.45, 2.75) is 39.7 Å². The van der Waals surface area contributed by atoms with E-state index in [1.807, 2.05) is 13.8 Å². The highest BCUT2D eigenvalue weighted by Crippen LogP contribution is 2.27. The molecule has 0 bridgehead atoms. The Morgan fingerprint density at radius 3 is 2.61 bits per heavy atom. The van der Waals surface area contributed by atoms with E-state index < -0.39 is 0 Å². The summed E-state index contributed by atoms with van der Waals surface area (Å²) < 4.78 is 5.72. The number of nitrogens with zero attached hydrogens (tertiary/aromatic N) is 1. The molecule has 0 aromatic carbocycles. The number of hydrogen-bond donors (Lipinski definition) is 1. The van der Waals surface area contributed by atoms with Crippen molar-refractivity contribution < 1.29 is 4.74 Å². The van der Waals surface area contributed by atoms with Gasteiger partial charge in [-0.05, 0) is 50.6 Å². The van der Waals surface area contributed by atoms with Crippen molar-refractivity contribution in [3.8, 4) is 0 Å². The molecule has 0 saturated heterocycles. The Morgan fingerprint density at radius 2 is 2.06 bits per heavy atom. The monoisotopic (exact) mass is 246 g/mol. The topological polar surface area (TPSA) is 34.1 Å². The predicted octanol–water partition coefficient (Wildman–Crippen LogP) is 3.04. The van der Waals surface area contributed by atoms with Gasteiger partial charge in [-0.1, -0.05) is 6.92 Å². The molecule has 3 nitrogen and oxygen atoms in total. The minimum Gasteiger partial charge on any atom is -0.496 e. The summed E-state index contributed by atoms with van der Waals surface area (Å²) in [5, 5.41) is 3.56. The SMILES string of the molecule is CCCNC(C1=CCCO1)c1cc(C)nc(C)c1. The molecule has 18 heavy (non-hydrogen) atoms. The van der Waals surface area contributed by atoms with Crippen molar-refractivity contribution in [1.29, 1.82) is 0 Å². The zero-order chi connectivity index (χ0) is 13.0. The van der Waals surface area contributed by atoms with Gasteiger partial charge in [-0.15, -0.1) is 0 Å². The molecule has 0 fully saturated rings. The fourth-order valence-electron chi connectivity index (χ4n) is 2.34. The third-order valence-corrected chi connectivity index (χ3v) is 3.05. The van der Waals surface area contributed by atoms with Gasteiger partial charge in [0.05, 0.1) is 12.6 Å². The number of rotatable bonds is 5. The molecule has 1 aromatic heterocycles. The molecular formula is C15H22N2O. The molecule has 98 valence electrons. The first-order chi connectivity index (χ1) is 8.70. The summed E-state index contributed by atoms with van der Waals surface area (Å²) >= 11 is 0. The van der Waals surface area contributed by atoms with E-state index in [1.165, 1.54) is 5.56 Å². The molecule has 2 rings (SSSR count). The number of pyridine rings is 1. The second kappa shape index (κ2) is 6.01. The van der Waals surface area contributed by atoms with Crippen LogP contribution in [0.4, 0.5) is 0 Å². The fourth-order valence-corrected chi connectivity index (χ4v) is 2.34. The van der Waals surface area contributed by atoms with E-state index in [0.717, 1.165) is 43.1 Å². The summed E-state index contributed by atoms with van der Waals surface area (Å²) in [7, 11) is 0. The van der Waals surface area contributed by atoms with Crippen molar-refractivity contribution in [1.82, 2.24) is 10.3 Å². The summed E-state index contributed by atoms with van der Waals surface area (Å²) in [5.41, 5.74) is 3.38. The van der Waals surface area contributed by atoms with Crippen LogP contribution in [0.3, 0.4) is 0 Å². The van der Waals surface area contributed by atoms with Crippen LogP contribution >= 0.6 is 0 Å². The molecule has 0 amide bonds. The lowest BCUT2D eigenvalue weighted by Crippen LogP contribution is -2.24. The van der Waals surface area contributed by atoms with Gasteiger partial charge in [0, 0.05) is 17.8 Å². The molecule has 0 radical (unpaired) electrons. The molecule has 1 atom stereocenters. The quantitative estimate of drug-likeness (QED) is 0.867. The van der Waals surface area contributed by atoms with E-state index in [1.54, 1.807) is 0 Å². The Morgan fingerprint density at radius 1 is 1.33 bits per heavy atom. The van der Waals surface area contributed by atoms with E-state index >= 15 is 0 Å². The van der Waals surface area contributed by atoms with Gasteiger partial charge in [-0.25, -0.2) is 0 Å². The Bertz CT molecular complexity index is 420. The minimum atomic E-state index is 0.174. The molecule has 1 aromatic rings. The van der Waals surface area contributed by atoms with Gasteiger partial charge in [0.1, 0.15) is 5.76 Å². The normalized spacial score (nSPS) is 16.3. The summed E-state index contributed by atoms with van der Waals surface area (Å²) in [4.78, 5) is 4.44. The largest absolute Gasteiger partial charge is 0.496 e. The van der Waals surface area contributed by atoms with E-state index in [0.29, 0.717) is 0 Å². The first-order valence-electron chi connectivity index (χ1n) is 6.72. The van der Waals surface area contributed by atoms with Crippen LogP contribution < -0.4 is 5.32 Å². The standard InChI is InChI=1S/C15H22N2O/c1-4-7-16-15(14-6-5-8-18-14)13-9-11(2)17-12(3)10-13/h6,9-10,15-16H,4-5,7-8H2,1-3H3. The second-order valence-electron chi connectivity index (χ2n) is 4.81. The van der Waals surface area contributed by atoms with Crippen molar-refractivity contribution in [2.75, 3.05) is 13.2 Å². The molecule has 0 aliphatic carbocycles. The average molecular weight is 246 g/mol. The molecule has 1 N–H and O–H groups in total. The number of aromatic nitrogens is 1. The van der Waals surface area contributed by atoms with Crippen LogP contribution in [0, 0.1) is 13.8 Å². The Balaban J connectivity index is 2.26. The summed E-state index contributed by atoms with van der Waals surface area (Å²) in [5.74, 6) is 1.06. The average Bonchev–Trinajstić information content (AvgIpc) is 2.82. The summed E-state index contributed by atoms with van der Waals surface area (Å²) in [6, 6.07) is 4.46. The molecular weight excluding hydrogens is 224 g/mol. The highest BCUT2D eigenvalue weighted by molar-refractivity contribution is 5.29. The maximum absolute atomic E-state index is 5.72. The molecule has 0 saturated carbocycles. The smallest absolute Gasteiger partial charge is 0.114 e. The van der Waals surface area contributed by atoms with Gasteiger partial charge in [-0.3, -0.25) is 4.98 Å². The molecule has 0 spiro atoms. The first kappa shape index (κ1) is 13.1. The number of ether oxygens (including phenoxy) is 1. The Hall–Kier alpha value is -1.35. The molecule has 1 aliphatic rings. The van der Waals surface area contributed by atoms with E-state index in [9.17, 15) is 0 Å². The summed E-state index contributed by atoms with van der Waals surface area (Å²) in [6.45, 7) is 8.06. The van der Waals surface area contributed by atoms with Crippen molar-refractivity contribution in [3.63, 3.8) is 0 Å². The fraction of sp³-hybridized carbons (Fsp3) is 0.533. The van der Waals surface area contributed by atoms with Gasteiger partial charge in [0.15, 0.2) is 0 Å². The van der Waals surface area contributed by atoms with Crippen LogP contribution in [0.1, 0.15) is 42.8 Å². The molecule has 3 heteroatoms. The third-order valence-electron chi connectivity index (χ3n) is 3.05. The predicted molar refractivity (Wildman–Crippen MR) is 73.4 cm³/mol. The van der Waals surface area contributed by atoms with Crippen molar-refractivity contribution in [3.05, 3.63) is 40.9 Å². The van der Waals surface area contributed by atoms with Gasteiger partial charge in [-0.2, -0.15) is 0 Å². The van der Waals surface area contributed by atoms with E-state index in [-0.39, 0.29) is 6.04 Å². The number of aryl methyl sites for hydroxylation is 2. The molecule has 1 unspecified atom stereocenters. The Kier molecular flexibility index (Phi) is 4.37. The van der Waals surface area contributed by atoms with Crippen LogP contribution in [0.15, 0.2) is 24.0 Å². The van der Waals surface area contributed by atoms with Crippen LogP contribution in [0.5, 0.6) is 0 Å². The highest BCUT2D eigenvalue weighted by Gasteiger charge is 2.20. The third kappa shape index (κ3) is 3.10. The van der Waals surface area contributed by atoms with Gasteiger partial charge in [0.25, 0.3) is 0 Å². The van der Waals surface area contributed by atoms with Gasteiger partial charge in [0.2, 0.25) is 0 Å². The molecule has 2 heterocycles. The minimum absolute atomic E-state index is 0.174. The van der Waals surface area contributed by atoms with Gasteiger partial charge < -0.3 is 10.1 Å². The summed E-state index contributed by atoms with van der Waals surface area (Å²) in [6.07, 6.45) is 4.33. The zero-order valence-corrected chi connectivity index (χ0v) is 11.5. The molecule has 1 aliphatic heterocycles. The van der Waals surface area contributed by atoms with E-state index in [4.69, 9.17) is 4.74 Å². The second-order valence-corrected chi connectivity index (χ2v) is 4.81.